The Morgan fingerprint density at radius 2 is 2.04 bits per heavy atom. The van der Waals surface area contributed by atoms with Gasteiger partial charge in [0, 0.05) is 11.6 Å². The van der Waals surface area contributed by atoms with Crippen LogP contribution in [0, 0.1) is 11.6 Å². The Balaban J connectivity index is 2.09. The molecular weight excluding hydrogens is 336 g/mol. The fraction of sp³-hybridized carbons (Fsp3) is 0.188. The zero-order chi connectivity index (χ0) is 17.3. The van der Waals surface area contributed by atoms with Crippen LogP contribution in [0.25, 0.3) is 22.2 Å². The SMILES string of the molecule is CCCS(=O)(=O)Nc1ccc(F)c(-c2cc3ccncc3[nH]2)c1F. The molecule has 2 heterocycles. The maximum Gasteiger partial charge on any atom is 0.232 e. The first-order valence-electron chi connectivity index (χ1n) is 7.33. The van der Waals surface area contributed by atoms with Crippen molar-refractivity contribution >= 4 is 26.6 Å². The number of anilines is 1. The van der Waals surface area contributed by atoms with E-state index in [0.717, 1.165) is 17.5 Å². The maximum absolute atomic E-state index is 14.7. The third-order valence-electron chi connectivity index (χ3n) is 3.52. The number of hydrogen-bond donors (Lipinski definition) is 2. The topological polar surface area (TPSA) is 74.8 Å². The van der Waals surface area contributed by atoms with Crippen LogP contribution in [0.15, 0.2) is 36.7 Å². The lowest BCUT2D eigenvalue weighted by Gasteiger charge is -2.11. The Morgan fingerprint density at radius 3 is 2.75 bits per heavy atom. The minimum Gasteiger partial charge on any atom is -0.353 e. The van der Waals surface area contributed by atoms with E-state index in [-0.39, 0.29) is 22.7 Å². The minimum atomic E-state index is -3.68. The van der Waals surface area contributed by atoms with Crippen LogP contribution < -0.4 is 4.72 Å². The third kappa shape index (κ3) is 3.09. The van der Waals surface area contributed by atoms with Crippen LogP contribution in [-0.4, -0.2) is 24.1 Å². The number of sulfonamides is 1. The number of H-pyrrole nitrogens is 1. The van der Waals surface area contributed by atoms with E-state index in [1.165, 1.54) is 0 Å². The van der Waals surface area contributed by atoms with Crippen molar-refractivity contribution in [2.75, 3.05) is 10.5 Å². The van der Waals surface area contributed by atoms with E-state index in [4.69, 9.17) is 0 Å². The molecular formula is C16H15F2N3O2S. The van der Waals surface area contributed by atoms with Crippen LogP contribution in [0.3, 0.4) is 0 Å². The molecule has 1 aromatic carbocycles. The second-order valence-corrected chi connectivity index (χ2v) is 7.19. The molecule has 24 heavy (non-hydrogen) atoms. The first kappa shape index (κ1) is 16.4. The number of fused-ring (bicyclic) bond motifs is 1. The predicted octanol–water partition coefficient (Wildman–Crippen LogP) is 3.66. The van der Waals surface area contributed by atoms with Crippen molar-refractivity contribution in [3.63, 3.8) is 0 Å². The normalized spacial score (nSPS) is 11.8. The first-order valence-corrected chi connectivity index (χ1v) is 8.98. The summed E-state index contributed by atoms with van der Waals surface area (Å²) in [6, 6.07) is 5.40. The molecule has 0 unspecified atom stereocenters. The smallest absolute Gasteiger partial charge is 0.232 e. The van der Waals surface area contributed by atoms with Crippen LogP contribution in [0.2, 0.25) is 0 Å². The summed E-state index contributed by atoms with van der Waals surface area (Å²) in [5.74, 6) is -1.89. The van der Waals surface area contributed by atoms with Gasteiger partial charge in [-0.05, 0) is 30.7 Å². The molecule has 126 valence electrons. The van der Waals surface area contributed by atoms with Gasteiger partial charge in [0.2, 0.25) is 10.0 Å². The molecule has 2 N–H and O–H groups in total. The average molecular weight is 351 g/mol. The van der Waals surface area contributed by atoms with Crippen molar-refractivity contribution in [1.29, 1.82) is 0 Å². The second kappa shape index (κ2) is 6.20. The molecule has 0 radical (unpaired) electrons. The molecule has 0 saturated carbocycles. The molecule has 3 aromatic rings. The highest BCUT2D eigenvalue weighted by Crippen LogP contribution is 2.32. The largest absolute Gasteiger partial charge is 0.353 e. The number of nitrogens with one attached hydrogen (secondary N) is 2. The second-order valence-electron chi connectivity index (χ2n) is 5.35. The molecule has 0 amide bonds. The van der Waals surface area contributed by atoms with Gasteiger partial charge in [-0.2, -0.15) is 0 Å². The van der Waals surface area contributed by atoms with Gasteiger partial charge in [0.1, 0.15) is 5.82 Å². The van der Waals surface area contributed by atoms with Gasteiger partial charge in [-0.3, -0.25) is 9.71 Å². The number of hydrogen-bond acceptors (Lipinski definition) is 3. The number of aromatic nitrogens is 2. The van der Waals surface area contributed by atoms with E-state index in [1.54, 1.807) is 31.5 Å². The van der Waals surface area contributed by atoms with Crippen LogP contribution >= 0.6 is 0 Å². The van der Waals surface area contributed by atoms with Crippen molar-refractivity contribution in [2.45, 2.75) is 13.3 Å². The van der Waals surface area contributed by atoms with Gasteiger partial charge in [0.15, 0.2) is 5.82 Å². The number of halogens is 2. The van der Waals surface area contributed by atoms with E-state index in [1.807, 2.05) is 0 Å². The van der Waals surface area contributed by atoms with Gasteiger partial charge < -0.3 is 4.98 Å². The summed E-state index contributed by atoms with van der Waals surface area (Å²) in [5, 5.41) is 0.746. The molecule has 0 aliphatic carbocycles. The zero-order valence-corrected chi connectivity index (χ0v) is 13.6. The number of aromatic amines is 1. The molecule has 0 bridgehead atoms. The van der Waals surface area contributed by atoms with Crippen LogP contribution in [0.4, 0.5) is 14.5 Å². The monoisotopic (exact) mass is 351 g/mol. The Labute approximate surface area is 137 Å². The number of nitrogens with zero attached hydrogens (tertiary/aromatic N) is 1. The summed E-state index contributed by atoms with van der Waals surface area (Å²) in [7, 11) is -3.68. The van der Waals surface area contributed by atoms with Gasteiger partial charge in [0.05, 0.1) is 34.4 Å². The molecule has 0 fully saturated rings. The quantitative estimate of drug-likeness (QED) is 0.737. The van der Waals surface area contributed by atoms with Gasteiger partial charge in [-0.15, -0.1) is 0 Å². The molecule has 0 spiro atoms. The van der Waals surface area contributed by atoms with Crippen molar-refractivity contribution in [3.05, 3.63) is 48.3 Å². The summed E-state index contributed by atoms with van der Waals surface area (Å²) in [4.78, 5) is 6.83. The van der Waals surface area contributed by atoms with Crippen LogP contribution in [-0.2, 0) is 10.0 Å². The van der Waals surface area contributed by atoms with Gasteiger partial charge >= 0.3 is 0 Å². The molecule has 0 aliphatic heterocycles. The third-order valence-corrected chi connectivity index (χ3v) is 5.00. The fourth-order valence-corrected chi connectivity index (χ4v) is 3.60. The maximum atomic E-state index is 14.7. The standard InChI is InChI=1S/C16H15F2N3O2S/c1-2-7-24(22,23)21-12-4-3-11(17)15(16(12)18)13-8-10-5-6-19-9-14(10)20-13/h3-6,8-9,20-21H,2,7H2,1H3. The highest BCUT2D eigenvalue weighted by Gasteiger charge is 2.20. The van der Waals surface area contributed by atoms with Gasteiger partial charge in [-0.25, -0.2) is 17.2 Å². The lowest BCUT2D eigenvalue weighted by Crippen LogP contribution is -2.17. The van der Waals surface area contributed by atoms with Crippen LogP contribution in [0.5, 0.6) is 0 Å². The minimum absolute atomic E-state index is 0.142. The van der Waals surface area contributed by atoms with Crippen molar-refractivity contribution < 1.29 is 17.2 Å². The molecule has 0 saturated heterocycles. The zero-order valence-electron chi connectivity index (χ0n) is 12.8. The first-order chi connectivity index (χ1) is 11.4. The summed E-state index contributed by atoms with van der Waals surface area (Å²) in [6.07, 6.45) is 3.50. The lowest BCUT2D eigenvalue weighted by atomic mass is 10.1. The fourth-order valence-electron chi connectivity index (χ4n) is 2.47. The highest BCUT2D eigenvalue weighted by atomic mass is 32.2. The van der Waals surface area contributed by atoms with Crippen molar-refractivity contribution in [2.24, 2.45) is 0 Å². The Hall–Kier alpha value is -2.48. The van der Waals surface area contributed by atoms with Gasteiger partial charge in [-0.1, -0.05) is 6.92 Å². The van der Waals surface area contributed by atoms with Crippen molar-refractivity contribution in [3.8, 4) is 11.3 Å². The molecule has 2 aromatic heterocycles. The van der Waals surface area contributed by atoms with Crippen molar-refractivity contribution in [1.82, 2.24) is 9.97 Å². The number of pyridine rings is 1. The van der Waals surface area contributed by atoms with E-state index in [9.17, 15) is 17.2 Å². The average Bonchev–Trinajstić information content (AvgIpc) is 2.93. The molecule has 8 heteroatoms. The molecule has 0 aliphatic rings. The van der Waals surface area contributed by atoms with E-state index >= 15 is 0 Å². The molecule has 0 atom stereocenters. The van der Waals surface area contributed by atoms with E-state index in [2.05, 4.69) is 14.7 Å². The summed E-state index contributed by atoms with van der Waals surface area (Å²) in [5.41, 5.74) is 0.243. The van der Waals surface area contributed by atoms with Crippen LogP contribution in [0.1, 0.15) is 13.3 Å². The number of benzene rings is 1. The summed E-state index contributed by atoms with van der Waals surface area (Å²) in [6.45, 7) is 1.70. The predicted molar refractivity (Wildman–Crippen MR) is 89.1 cm³/mol. The molecule has 3 rings (SSSR count). The summed E-state index contributed by atoms with van der Waals surface area (Å²) >= 11 is 0. The number of rotatable bonds is 5. The molecule has 5 nitrogen and oxygen atoms in total. The summed E-state index contributed by atoms with van der Waals surface area (Å²) < 4.78 is 54.7. The Kier molecular flexibility index (Phi) is 4.23. The van der Waals surface area contributed by atoms with E-state index in [0.29, 0.717) is 11.9 Å². The lowest BCUT2D eigenvalue weighted by molar-refractivity contribution is 0.587. The highest BCUT2D eigenvalue weighted by molar-refractivity contribution is 7.92. The Morgan fingerprint density at radius 1 is 1.25 bits per heavy atom. The van der Waals surface area contributed by atoms with Gasteiger partial charge in [0.25, 0.3) is 0 Å². The Bertz CT molecular complexity index is 967. The van der Waals surface area contributed by atoms with E-state index < -0.39 is 21.7 Å².